The standard InChI is InChI=1S/C19H28N2O4S/c1-19(2,3)25-18(22)14-20-9-11-21(12-10-20)26(23,24)17-8-7-15-5-4-6-16(15)13-17/h7-8,13H,4-6,9-12,14H2,1-3H3. The van der Waals surface area contributed by atoms with Gasteiger partial charge >= 0.3 is 5.97 Å². The lowest BCUT2D eigenvalue weighted by Crippen LogP contribution is -2.50. The second-order valence-electron chi connectivity index (χ2n) is 8.05. The number of ether oxygens (including phenoxy) is 1. The molecule has 6 nitrogen and oxygen atoms in total. The summed E-state index contributed by atoms with van der Waals surface area (Å²) in [6, 6.07) is 5.52. The number of carbonyl (C=O) groups is 1. The van der Waals surface area contributed by atoms with Crippen LogP contribution in [0.25, 0.3) is 0 Å². The molecule has 0 unspecified atom stereocenters. The van der Waals surface area contributed by atoms with Crippen LogP contribution in [-0.2, 0) is 32.4 Å². The molecule has 144 valence electrons. The molecule has 0 bridgehead atoms. The summed E-state index contributed by atoms with van der Waals surface area (Å²) in [6.07, 6.45) is 3.10. The number of benzene rings is 1. The molecule has 0 aromatic heterocycles. The zero-order chi connectivity index (χ0) is 18.9. The number of rotatable bonds is 4. The van der Waals surface area contributed by atoms with Gasteiger partial charge in [-0.1, -0.05) is 6.07 Å². The van der Waals surface area contributed by atoms with E-state index in [2.05, 4.69) is 0 Å². The Bertz CT molecular complexity index is 775. The highest BCUT2D eigenvalue weighted by atomic mass is 32.2. The van der Waals surface area contributed by atoms with E-state index in [-0.39, 0.29) is 12.5 Å². The van der Waals surface area contributed by atoms with Gasteiger partial charge in [-0.3, -0.25) is 9.69 Å². The molecule has 0 atom stereocenters. The van der Waals surface area contributed by atoms with Crippen LogP contribution < -0.4 is 0 Å². The minimum absolute atomic E-state index is 0.198. The van der Waals surface area contributed by atoms with Crippen LogP contribution in [0.4, 0.5) is 0 Å². The van der Waals surface area contributed by atoms with Gasteiger partial charge in [0.05, 0.1) is 11.4 Å². The molecule has 1 fully saturated rings. The maximum atomic E-state index is 12.9. The second kappa shape index (κ2) is 7.29. The van der Waals surface area contributed by atoms with Gasteiger partial charge in [0.25, 0.3) is 0 Å². The zero-order valence-electron chi connectivity index (χ0n) is 15.8. The summed E-state index contributed by atoms with van der Waals surface area (Å²) >= 11 is 0. The van der Waals surface area contributed by atoms with Crippen molar-refractivity contribution in [3.63, 3.8) is 0 Å². The quantitative estimate of drug-likeness (QED) is 0.746. The minimum atomic E-state index is -3.47. The molecule has 1 aromatic rings. The Kier molecular flexibility index (Phi) is 5.42. The average molecular weight is 381 g/mol. The van der Waals surface area contributed by atoms with Crippen LogP contribution in [0.15, 0.2) is 23.1 Å². The van der Waals surface area contributed by atoms with Crippen molar-refractivity contribution < 1.29 is 17.9 Å². The van der Waals surface area contributed by atoms with E-state index < -0.39 is 15.6 Å². The molecule has 26 heavy (non-hydrogen) atoms. The van der Waals surface area contributed by atoms with Crippen LogP contribution in [0.5, 0.6) is 0 Å². The molecule has 0 spiro atoms. The fourth-order valence-corrected chi connectivity index (χ4v) is 5.02. The Morgan fingerprint density at radius 1 is 1.08 bits per heavy atom. The van der Waals surface area contributed by atoms with Gasteiger partial charge in [0.15, 0.2) is 0 Å². The van der Waals surface area contributed by atoms with Crippen molar-refractivity contribution in [3.8, 4) is 0 Å². The monoisotopic (exact) mass is 380 g/mol. The van der Waals surface area contributed by atoms with Gasteiger partial charge in [0, 0.05) is 26.2 Å². The van der Waals surface area contributed by atoms with Gasteiger partial charge in [-0.2, -0.15) is 4.31 Å². The third kappa shape index (κ3) is 4.45. The summed E-state index contributed by atoms with van der Waals surface area (Å²) in [5, 5.41) is 0. The molecule has 1 aliphatic heterocycles. The van der Waals surface area contributed by atoms with Crippen molar-refractivity contribution in [2.24, 2.45) is 0 Å². The van der Waals surface area contributed by atoms with Crippen molar-refractivity contribution in [2.75, 3.05) is 32.7 Å². The first kappa shape index (κ1) is 19.3. The van der Waals surface area contributed by atoms with Gasteiger partial charge in [0.1, 0.15) is 5.60 Å². The van der Waals surface area contributed by atoms with Crippen molar-refractivity contribution in [1.82, 2.24) is 9.21 Å². The van der Waals surface area contributed by atoms with Gasteiger partial charge in [-0.25, -0.2) is 8.42 Å². The molecular formula is C19H28N2O4S. The summed E-state index contributed by atoms with van der Waals surface area (Å²) in [5.41, 5.74) is 1.93. The molecule has 0 radical (unpaired) electrons. The SMILES string of the molecule is CC(C)(C)OC(=O)CN1CCN(S(=O)(=O)c2ccc3c(c2)CCC3)CC1. The van der Waals surface area contributed by atoms with Crippen LogP contribution >= 0.6 is 0 Å². The molecular weight excluding hydrogens is 352 g/mol. The molecule has 1 heterocycles. The molecule has 0 amide bonds. The highest BCUT2D eigenvalue weighted by Crippen LogP contribution is 2.26. The number of hydrogen-bond acceptors (Lipinski definition) is 5. The number of fused-ring (bicyclic) bond motifs is 1. The number of aryl methyl sites for hydroxylation is 2. The Morgan fingerprint density at radius 3 is 2.38 bits per heavy atom. The van der Waals surface area contributed by atoms with E-state index in [1.165, 1.54) is 9.87 Å². The Hall–Kier alpha value is -1.44. The van der Waals surface area contributed by atoms with Crippen molar-refractivity contribution in [3.05, 3.63) is 29.3 Å². The Balaban J connectivity index is 1.59. The Labute approximate surface area is 156 Å². The van der Waals surface area contributed by atoms with Gasteiger partial charge in [0.2, 0.25) is 10.0 Å². The fourth-order valence-electron chi connectivity index (χ4n) is 3.54. The maximum Gasteiger partial charge on any atom is 0.320 e. The van der Waals surface area contributed by atoms with E-state index in [9.17, 15) is 13.2 Å². The van der Waals surface area contributed by atoms with E-state index >= 15 is 0 Å². The molecule has 0 saturated carbocycles. The predicted octanol–water partition coefficient (Wildman–Crippen LogP) is 1.82. The van der Waals surface area contributed by atoms with Gasteiger partial charge in [-0.05, 0) is 63.3 Å². The third-order valence-corrected chi connectivity index (χ3v) is 6.71. The molecule has 1 aliphatic carbocycles. The van der Waals surface area contributed by atoms with E-state index in [1.54, 1.807) is 6.07 Å². The number of sulfonamides is 1. The van der Waals surface area contributed by atoms with Crippen LogP contribution in [0.3, 0.4) is 0 Å². The van der Waals surface area contributed by atoms with Crippen LogP contribution in [0.1, 0.15) is 38.3 Å². The summed E-state index contributed by atoms with van der Waals surface area (Å²) < 4.78 is 32.7. The van der Waals surface area contributed by atoms with Crippen LogP contribution in [0, 0.1) is 0 Å². The zero-order valence-corrected chi connectivity index (χ0v) is 16.6. The Morgan fingerprint density at radius 2 is 1.73 bits per heavy atom. The van der Waals surface area contributed by atoms with E-state index in [4.69, 9.17) is 4.74 Å². The van der Waals surface area contributed by atoms with Gasteiger partial charge in [-0.15, -0.1) is 0 Å². The normalized spacial score (nSPS) is 19.3. The highest BCUT2D eigenvalue weighted by Gasteiger charge is 2.30. The fraction of sp³-hybridized carbons (Fsp3) is 0.632. The minimum Gasteiger partial charge on any atom is -0.459 e. The first-order chi connectivity index (χ1) is 12.1. The summed E-state index contributed by atoms with van der Waals surface area (Å²) in [7, 11) is -3.47. The van der Waals surface area contributed by atoms with E-state index in [0.717, 1.165) is 24.8 Å². The van der Waals surface area contributed by atoms with Crippen LogP contribution in [-0.4, -0.2) is 61.9 Å². The number of carbonyl (C=O) groups excluding carboxylic acids is 1. The lowest BCUT2D eigenvalue weighted by Gasteiger charge is -2.34. The largest absolute Gasteiger partial charge is 0.459 e. The first-order valence-electron chi connectivity index (χ1n) is 9.21. The van der Waals surface area contributed by atoms with Crippen molar-refractivity contribution in [2.45, 2.75) is 50.5 Å². The summed E-state index contributed by atoms with van der Waals surface area (Å²) in [5.74, 6) is -0.271. The second-order valence-corrected chi connectivity index (χ2v) is 9.99. The van der Waals surface area contributed by atoms with E-state index in [1.807, 2.05) is 37.8 Å². The topological polar surface area (TPSA) is 66.9 Å². The number of piperazine rings is 1. The van der Waals surface area contributed by atoms with Crippen molar-refractivity contribution in [1.29, 1.82) is 0 Å². The third-order valence-electron chi connectivity index (χ3n) is 4.81. The molecule has 7 heteroatoms. The average Bonchev–Trinajstić information content (AvgIpc) is 3.01. The smallest absolute Gasteiger partial charge is 0.320 e. The predicted molar refractivity (Wildman–Crippen MR) is 99.5 cm³/mol. The summed E-state index contributed by atoms with van der Waals surface area (Å²) in [4.78, 5) is 14.3. The van der Waals surface area contributed by atoms with Gasteiger partial charge < -0.3 is 4.74 Å². The number of esters is 1. The highest BCUT2D eigenvalue weighted by molar-refractivity contribution is 7.89. The van der Waals surface area contributed by atoms with Crippen LogP contribution in [0.2, 0.25) is 0 Å². The first-order valence-corrected chi connectivity index (χ1v) is 10.7. The lowest BCUT2D eigenvalue weighted by molar-refractivity contribution is -0.156. The molecule has 1 saturated heterocycles. The maximum absolute atomic E-state index is 12.9. The lowest BCUT2D eigenvalue weighted by atomic mass is 10.1. The summed E-state index contributed by atoms with van der Waals surface area (Å²) in [6.45, 7) is 7.56. The molecule has 0 N–H and O–H groups in total. The van der Waals surface area contributed by atoms with Crippen molar-refractivity contribution >= 4 is 16.0 Å². The molecule has 3 rings (SSSR count). The molecule has 1 aromatic carbocycles. The number of nitrogens with zero attached hydrogens (tertiary/aromatic N) is 2. The van der Waals surface area contributed by atoms with E-state index in [0.29, 0.717) is 31.1 Å². The number of hydrogen-bond donors (Lipinski definition) is 0. The molecule has 2 aliphatic rings.